The Morgan fingerprint density at radius 2 is 1.71 bits per heavy atom. The van der Waals surface area contributed by atoms with Crippen molar-refractivity contribution in [1.29, 1.82) is 0 Å². The second kappa shape index (κ2) is 7.01. The lowest BCUT2D eigenvalue weighted by atomic mass is 10.0. The van der Waals surface area contributed by atoms with Crippen LogP contribution in [-0.2, 0) is 4.79 Å². The molecular weight excluding hydrogens is 328 g/mol. The van der Waals surface area contributed by atoms with Gasteiger partial charge in [-0.2, -0.15) is 0 Å². The van der Waals surface area contributed by atoms with Crippen LogP contribution in [0.25, 0.3) is 0 Å². The average molecular weight is 347 g/mol. The molecule has 1 N–H and O–H groups in total. The Hall–Kier alpha value is -2.40. The number of nitrogens with one attached hydrogen (secondary N) is 1. The number of carbonyl (C=O) groups excluding carboxylic acids is 2. The molecule has 0 aliphatic rings. The molecule has 0 saturated heterocycles. The van der Waals surface area contributed by atoms with E-state index in [2.05, 4.69) is 5.32 Å². The van der Waals surface area contributed by atoms with E-state index in [1.54, 1.807) is 51.1 Å². The molecule has 2 rings (SSSR count). The van der Waals surface area contributed by atoms with Crippen molar-refractivity contribution >= 4 is 23.3 Å². The lowest BCUT2D eigenvalue weighted by Crippen LogP contribution is -2.48. The van der Waals surface area contributed by atoms with Gasteiger partial charge in [0.15, 0.2) is 11.8 Å². The first-order valence-electron chi connectivity index (χ1n) is 7.48. The SMILES string of the molecule is CC(C)(C)NC(=O)C(C(=O)c1ccccc1)n1cc(Cl)ccc1=O. The Kier molecular flexibility index (Phi) is 5.24. The smallest absolute Gasteiger partial charge is 0.251 e. The van der Waals surface area contributed by atoms with Gasteiger partial charge in [-0.3, -0.25) is 19.0 Å². The molecule has 1 amide bonds. The molecular formula is C18H19ClN2O3. The first-order chi connectivity index (χ1) is 11.2. The van der Waals surface area contributed by atoms with Gasteiger partial charge in [0.05, 0.1) is 5.02 Å². The number of aromatic nitrogens is 1. The molecule has 1 unspecified atom stereocenters. The summed E-state index contributed by atoms with van der Waals surface area (Å²) < 4.78 is 1.07. The van der Waals surface area contributed by atoms with Crippen molar-refractivity contribution in [3.05, 3.63) is 69.6 Å². The van der Waals surface area contributed by atoms with Crippen LogP contribution in [0.3, 0.4) is 0 Å². The van der Waals surface area contributed by atoms with Crippen molar-refractivity contribution in [3.63, 3.8) is 0 Å². The molecule has 1 aromatic carbocycles. The van der Waals surface area contributed by atoms with Gasteiger partial charge in [-0.25, -0.2) is 0 Å². The van der Waals surface area contributed by atoms with Gasteiger partial charge in [0.1, 0.15) is 0 Å². The maximum atomic E-state index is 12.9. The summed E-state index contributed by atoms with van der Waals surface area (Å²) in [7, 11) is 0. The highest BCUT2D eigenvalue weighted by atomic mass is 35.5. The van der Waals surface area contributed by atoms with Crippen LogP contribution >= 0.6 is 11.6 Å². The molecule has 5 nitrogen and oxygen atoms in total. The fraction of sp³-hybridized carbons (Fsp3) is 0.278. The van der Waals surface area contributed by atoms with Crippen molar-refractivity contribution in [2.45, 2.75) is 32.4 Å². The molecule has 0 saturated carbocycles. The molecule has 1 heterocycles. The normalized spacial score (nSPS) is 12.5. The Morgan fingerprint density at radius 1 is 1.08 bits per heavy atom. The molecule has 0 aliphatic carbocycles. The van der Waals surface area contributed by atoms with Gasteiger partial charge >= 0.3 is 0 Å². The number of hydrogen-bond donors (Lipinski definition) is 1. The first-order valence-corrected chi connectivity index (χ1v) is 7.86. The molecule has 1 aromatic heterocycles. The number of nitrogens with zero attached hydrogens (tertiary/aromatic N) is 1. The third kappa shape index (κ3) is 4.32. The molecule has 0 fully saturated rings. The molecule has 0 aliphatic heterocycles. The van der Waals surface area contributed by atoms with E-state index < -0.39 is 28.8 Å². The molecule has 6 heteroatoms. The maximum Gasteiger partial charge on any atom is 0.251 e. The van der Waals surface area contributed by atoms with Gasteiger partial charge in [0, 0.05) is 23.4 Å². The number of carbonyl (C=O) groups is 2. The van der Waals surface area contributed by atoms with Crippen LogP contribution in [0.1, 0.15) is 37.2 Å². The monoisotopic (exact) mass is 346 g/mol. The van der Waals surface area contributed by atoms with Crippen molar-refractivity contribution < 1.29 is 9.59 Å². The first kappa shape index (κ1) is 17.9. The second-order valence-electron chi connectivity index (χ2n) is 6.46. The van der Waals surface area contributed by atoms with Crippen LogP contribution in [-0.4, -0.2) is 21.8 Å². The predicted octanol–water partition coefficient (Wildman–Crippen LogP) is 2.84. The average Bonchev–Trinajstić information content (AvgIpc) is 2.50. The number of benzene rings is 1. The number of pyridine rings is 1. The lowest BCUT2D eigenvalue weighted by Gasteiger charge is -2.25. The van der Waals surface area contributed by atoms with Gasteiger partial charge in [0.25, 0.3) is 11.5 Å². The summed E-state index contributed by atoms with van der Waals surface area (Å²) in [6, 6.07) is 9.72. The molecule has 0 radical (unpaired) electrons. The number of halogens is 1. The van der Waals surface area contributed by atoms with Gasteiger partial charge in [-0.05, 0) is 26.8 Å². The summed E-state index contributed by atoms with van der Waals surface area (Å²) in [6.07, 6.45) is 1.30. The molecule has 126 valence electrons. The molecule has 0 bridgehead atoms. The Bertz CT molecular complexity index is 807. The maximum absolute atomic E-state index is 12.9. The van der Waals surface area contributed by atoms with E-state index in [0.717, 1.165) is 4.57 Å². The largest absolute Gasteiger partial charge is 0.349 e. The summed E-state index contributed by atoms with van der Waals surface area (Å²) in [5, 5.41) is 3.02. The zero-order valence-electron chi connectivity index (χ0n) is 13.7. The van der Waals surface area contributed by atoms with E-state index in [1.807, 2.05) is 0 Å². The quantitative estimate of drug-likeness (QED) is 0.683. The number of Topliss-reactive ketones (excluding diaryl/α,β-unsaturated/α-hetero) is 1. The van der Waals surface area contributed by atoms with Crippen molar-refractivity contribution in [1.82, 2.24) is 9.88 Å². The van der Waals surface area contributed by atoms with Crippen LogP contribution in [0.4, 0.5) is 0 Å². The molecule has 1 atom stereocenters. The van der Waals surface area contributed by atoms with E-state index >= 15 is 0 Å². The molecule has 0 spiro atoms. The second-order valence-corrected chi connectivity index (χ2v) is 6.90. The molecule has 2 aromatic rings. The lowest BCUT2D eigenvalue weighted by molar-refractivity contribution is -0.124. The van der Waals surface area contributed by atoms with E-state index in [-0.39, 0.29) is 5.02 Å². The Morgan fingerprint density at radius 3 is 2.29 bits per heavy atom. The Labute approximate surface area is 145 Å². The fourth-order valence-electron chi connectivity index (χ4n) is 2.25. The topological polar surface area (TPSA) is 68.2 Å². The van der Waals surface area contributed by atoms with Gasteiger partial charge in [0.2, 0.25) is 0 Å². The van der Waals surface area contributed by atoms with Crippen LogP contribution in [0.5, 0.6) is 0 Å². The van der Waals surface area contributed by atoms with Gasteiger partial charge < -0.3 is 5.32 Å². The van der Waals surface area contributed by atoms with E-state index in [9.17, 15) is 14.4 Å². The van der Waals surface area contributed by atoms with Crippen LogP contribution in [0.2, 0.25) is 5.02 Å². The van der Waals surface area contributed by atoms with Crippen molar-refractivity contribution in [2.75, 3.05) is 0 Å². The van der Waals surface area contributed by atoms with Crippen LogP contribution < -0.4 is 10.9 Å². The standard InChI is InChI=1S/C18H19ClN2O3/c1-18(2,3)20-17(24)15(16(23)12-7-5-4-6-8-12)21-11-13(19)9-10-14(21)22/h4-11,15H,1-3H3,(H,20,24). The number of hydrogen-bond acceptors (Lipinski definition) is 3. The van der Waals surface area contributed by atoms with Crippen LogP contribution in [0.15, 0.2) is 53.5 Å². The van der Waals surface area contributed by atoms with E-state index in [1.165, 1.54) is 18.3 Å². The Balaban J connectivity index is 2.53. The highest BCUT2D eigenvalue weighted by Gasteiger charge is 2.32. The summed E-state index contributed by atoms with van der Waals surface area (Å²) >= 11 is 5.95. The third-order valence-corrected chi connectivity index (χ3v) is 3.46. The highest BCUT2D eigenvalue weighted by Crippen LogP contribution is 2.17. The van der Waals surface area contributed by atoms with Crippen molar-refractivity contribution in [3.8, 4) is 0 Å². The fourth-order valence-corrected chi connectivity index (χ4v) is 2.42. The van der Waals surface area contributed by atoms with Crippen molar-refractivity contribution in [2.24, 2.45) is 0 Å². The zero-order valence-corrected chi connectivity index (χ0v) is 14.5. The summed E-state index contributed by atoms with van der Waals surface area (Å²) in [5.41, 5.74) is -0.676. The number of ketones is 1. The minimum atomic E-state index is -1.32. The molecule has 24 heavy (non-hydrogen) atoms. The van der Waals surface area contributed by atoms with Crippen LogP contribution in [0, 0.1) is 0 Å². The highest BCUT2D eigenvalue weighted by molar-refractivity contribution is 6.30. The minimum Gasteiger partial charge on any atom is -0.349 e. The zero-order chi connectivity index (χ0) is 17.9. The third-order valence-electron chi connectivity index (χ3n) is 3.23. The predicted molar refractivity (Wildman–Crippen MR) is 93.4 cm³/mol. The minimum absolute atomic E-state index is 0.268. The number of amides is 1. The summed E-state index contributed by atoms with van der Waals surface area (Å²) in [5.74, 6) is -1.03. The summed E-state index contributed by atoms with van der Waals surface area (Å²) in [6.45, 7) is 5.40. The number of rotatable bonds is 4. The van der Waals surface area contributed by atoms with E-state index in [4.69, 9.17) is 11.6 Å². The van der Waals surface area contributed by atoms with Gasteiger partial charge in [-0.15, -0.1) is 0 Å². The summed E-state index contributed by atoms with van der Waals surface area (Å²) in [4.78, 5) is 37.8. The van der Waals surface area contributed by atoms with E-state index in [0.29, 0.717) is 5.56 Å². The van der Waals surface area contributed by atoms with Gasteiger partial charge in [-0.1, -0.05) is 41.9 Å².